The van der Waals surface area contributed by atoms with Crippen LogP contribution < -0.4 is 5.32 Å². The molecule has 0 saturated carbocycles. The molecular weight excluding hydrogens is 182 g/mol. The quantitative estimate of drug-likeness (QED) is 0.750. The standard InChI is InChI=1S/C10H13NO3/c1-6-2-5-9(14-6)7-3-4-8(11-7)10(12)13/h2,5,7-8,11H,3-4H2,1H3,(H,12,13)/t7-,8+/m0/s1. The normalized spacial score (nSPS) is 26.6. The van der Waals surface area contributed by atoms with Crippen LogP contribution in [0.25, 0.3) is 0 Å². The Hall–Kier alpha value is -1.29. The van der Waals surface area contributed by atoms with E-state index in [-0.39, 0.29) is 6.04 Å². The SMILES string of the molecule is Cc1ccc([C@@H]2CC[C@H](C(=O)O)N2)o1. The number of hydrogen-bond donors (Lipinski definition) is 2. The molecule has 0 aromatic carbocycles. The second kappa shape index (κ2) is 3.46. The molecule has 1 aliphatic rings. The van der Waals surface area contributed by atoms with Crippen molar-refractivity contribution >= 4 is 5.97 Å². The van der Waals surface area contributed by atoms with Gasteiger partial charge in [0.15, 0.2) is 0 Å². The molecule has 4 nitrogen and oxygen atoms in total. The maximum atomic E-state index is 10.7. The second-order valence-corrected chi connectivity index (χ2v) is 3.64. The third kappa shape index (κ3) is 1.65. The Morgan fingerprint density at radius 2 is 2.36 bits per heavy atom. The summed E-state index contributed by atoms with van der Waals surface area (Å²) in [5.41, 5.74) is 0. The monoisotopic (exact) mass is 195 g/mol. The molecule has 1 fully saturated rings. The molecule has 0 spiro atoms. The molecular formula is C10H13NO3. The van der Waals surface area contributed by atoms with Gasteiger partial charge < -0.3 is 9.52 Å². The molecule has 0 radical (unpaired) electrons. The summed E-state index contributed by atoms with van der Waals surface area (Å²) in [5, 5.41) is 11.8. The Morgan fingerprint density at radius 3 is 2.86 bits per heavy atom. The molecule has 2 N–H and O–H groups in total. The number of nitrogens with one attached hydrogen (secondary N) is 1. The Bertz CT molecular complexity index is 345. The third-order valence-electron chi connectivity index (χ3n) is 2.55. The van der Waals surface area contributed by atoms with Gasteiger partial charge in [-0.05, 0) is 31.9 Å². The van der Waals surface area contributed by atoms with E-state index >= 15 is 0 Å². The molecule has 76 valence electrons. The van der Waals surface area contributed by atoms with E-state index in [1.54, 1.807) is 0 Å². The highest BCUT2D eigenvalue weighted by Crippen LogP contribution is 2.27. The van der Waals surface area contributed by atoms with Gasteiger partial charge in [-0.25, -0.2) is 0 Å². The average molecular weight is 195 g/mol. The summed E-state index contributed by atoms with van der Waals surface area (Å²) in [6, 6.07) is 3.43. The first-order valence-corrected chi connectivity index (χ1v) is 4.72. The summed E-state index contributed by atoms with van der Waals surface area (Å²) in [5.74, 6) is 0.919. The highest BCUT2D eigenvalue weighted by atomic mass is 16.4. The Kier molecular flexibility index (Phi) is 2.29. The van der Waals surface area contributed by atoms with Gasteiger partial charge in [0.1, 0.15) is 17.6 Å². The zero-order valence-electron chi connectivity index (χ0n) is 7.99. The van der Waals surface area contributed by atoms with Crippen molar-refractivity contribution in [1.29, 1.82) is 0 Å². The van der Waals surface area contributed by atoms with Crippen LogP contribution in [0.2, 0.25) is 0 Å². The minimum Gasteiger partial charge on any atom is -0.480 e. The van der Waals surface area contributed by atoms with Crippen LogP contribution in [0, 0.1) is 6.92 Å². The van der Waals surface area contributed by atoms with E-state index in [0.717, 1.165) is 17.9 Å². The van der Waals surface area contributed by atoms with E-state index in [0.29, 0.717) is 6.42 Å². The van der Waals surface area contributed by atoms with Gasteiger partial charge in [0, 0.05) is 0 Å². The van der Waals surface area contributed by atoms with Gasteiger partial charge >= 0.3 is 5.97 Å². The predicted molar refractivity (Wildman–Crippen MR) is 50.0 cm³/mol. The van der Waals surface area contributed by atoms with Crippen LogP contribution >= 0.6 is 0 Å². The molecule has 2 rings (SSSR count). The van der Waals surface area contributed by atoms with Crippen LogP contribution in [0.1, 0.15) is 30.4 Å². The number of carbonyl (C=O) groups is 1. The van der Waals surface area contributed by atoms with Crippen molar-refractivity contribution in [3.05, 3.63) is 23.7 Å². The molecule has 0 unspecified atom stereocenters. The van der Waals surface area contributed by atoms with Crippen LogP contribution in [0.5, 0.6) is 0 Å². The number of carboxylic acid groups (broad SMARTS) is 1. The number of aryl methyl sites for hydroxylation is 1. The van der Waals surface area contributed by atoms with Crippen molar-refractivity contribution in [2.45, 2.75) is 31.8 Å². The van der Waals surface area contributed by atoms with Crippen LogP contribution in [-0.4, -0.2) is 17.1 Å². The number of hydrogen-bond acceptors (Lipinski definition) is 3. The van der Waals surface area contributed by atoms with Crippen molar-refractivity contribution in [3.63, 3.8) is 0 Å². The summed E-state index contributed by atoms with van der Waals surface area (Å²) in [4.78, 5) is 10.7. The number of carboxylic acids is 1. The van der Waals surface area contributed by atoms with Gasteiger partial charge in [-0.2, -0.15) is 0 Å². The van der Waals surface area contributed by atoms with E-state index in [1.807, 2.05) is 19.1 Å². The van der Waals surface area contributed by atoms with Gasteiger partial charge in [0.05, 0.1) is 6.04 Å². The fourth-order valence-corrected chi connectivity index (χ4v) is 1.80. The predicted octanol–water partition coefficient (Wildman–Crippen LogP) is 1.47. The number of aliphatic carboxylic acids is 1. The van der Waals surface area contributed by atoms with Crippen molar-refractivity contribution in [2.24, 2.45) is 0 Å². The number of rotatable bonds is 2. The van der Waals surface area contributed by atoms with Crippen molar-refractivity contribution in [3.8, 4) is 0 Å². The minimum atomic E-state index is -0.782. The topological polar surface area (TPSA) is 62.5 Å². The second-order valence-electron chi connectivity index (χ2n) is 3.64. The highest BCUT2D eigenvalue weighted by molar-refractivity contribution is 5.73. The van der Waals surface area contributed by atoms with Crippen molar-refractivity contribution < 1.29 is 14.3 Å². The van der Waals surface area contributed by atoms with Crippen LogP contribution in [0.4, 0.5) is 0 Å². The average Bonchev–Trinajstić information content (AvgIpc) is 2.70. The van der Waals surface area contributed by atoms with E-state index in [2.05, 4.69) is 5.32 Å². The first kappa shape index (κ1) is 9.27. The molecule has 1 aliphatic heterocycles. The lowest BCUT2D eigenvalue weighted by molar-refractivity contribution is -0.139. The summed E-state index contributed by atoms with van der Waals surface area (Å²) in [7, 11) is 0. The first-order chi connectivity index (χ1) is 6.66. The highest BCUT2D eigenvalue weighted by Gasteiger charge is 2.31. The molecule has 1 aromatic rings. The Labute approximate surface area is 81.9 Å². The van der Waals surface area contributed by atoms with Crippen LogP contribution in [0.15, 0.2) is 16.5 Å². The molecule has 0 bridgehead atoms. The lowest BCUT2D eigenvalue weighted by Gasteiger charge is -2.08. The zero-order valence-corrected chi connectivity index (χ0v) is 7.99. The van der Waals surface area contributed by atoms with E-state index in [1.165, 1.54) is 0 Å². The zero-order chi connectivity index (χ0) is 10.1. The largest absolute Gasteiger partial charge is 0.480 e. The molecule has 1 saturated heterocycles. The number of furan rings is 1. The minimum absolute atomic E-state index is 0.0600. The van der Waals surface area contributed by atoms with E-state index in [9.17, 15) is 4.79 Å². The summed E-state index contributed by atoms with van der Waals surface area (Å²) < 4.78 is 5.44. The smallest absolute Gasteiger partial charge is 0.320 e. The van der Waals surface area contributed by atoms with E-state index in [4.69, 9.17) is 9.52 Å². The fourth-order valence-electron chi connectivity index (χ4n) is 1.80. The van der Waals surface area contributed by atoms with Crippen molar-refractivity contribution in [1.82, 2.24) is 5.32 Å². The maximum absolute atomic E-state index is 10.7. The van der Waals surface area contributed by atoms with Gasteiger partial charge in [0.2, 0.25) is 0 Å². The molecule has 0 aliphatic carbocycles. The molecule has 1 aromatic heterocycles. The lowest BCUT2D eigenvalue weighted by Crippen LogP contribution is -2.31. The molecule has 2 atom stereocenters. The molecule has 4 heteroatoms. The van der Waals surface area contributed by atoms with Crippen LogP contribution in [-0.2, 0) is 4.79 Å². The van der Waals surface area contributed by atoms with Gasteiger partial charge in [-0.15, -0.1) is 0 Å². The van der Waals surface area contributed by atoms with Crippen LogP contribution in [0.3, 0.4) is 0 Å². The van der Waals surface area contributed by atoms with Gasteiger partial charge in [0.25, 0.3) is 0 Å². The molecule has 0 amide bonds. The maximum Gasteiger partial charge on any atom is 0.320 e. The molecule has 2 heterocycles. The van der Waals surface area contributed by atoms with Crippen molar-refractivity contribution in [2.75, 3.05) is 0 Å². The lowest BCUT2D eigenvalue weighted by atomic mass is 10.1. The fraction of sp³-hybridized carbons (Fsp3) is 0.500. The summed E-state index contributed by atoms with van der Waals surface area (Å²) in [6.45, 7) is 1.88. The Balaban J connectivity index is 2.05. The third-order valence-corrected chi connectivity index (χ3v) is 2.55. The Morgan fingerprint density at radius 1 is 1.57 bits per heavy atom. The van der Waals surface area contributed by atoms with Gasteiger partial charge in [-0.3, -0.25) is 10.1 Å². The van der Waals surface area contributed by atoms with E-state index < -0.39 is 12.0 Å². The summed E-state index contributed by atoms with van der Waals surface area (Å²) >= 11 is 0. The first-order valence-electron chi connectivity index (χ1n) is 4.72. The summed E-state index contributed by atoms with van der Waals surface area (Å²) in [6.07, 6.45) is 1.49. The van der Waals surface area contributed by atoms with Gasteiger partial charge in [-0.1, -0.05) is 0 Å². The molecule has 14 heavy (non-hydrogen) atoms.